The molecule has 1 amide bonds. The first kappa shape index (κ1) is 23.5. The fraction of sp³-hybridized carbons (Fsp3) is 0.381. The average molecular weight is 470 g/mol. The number of anilines is 1. The summed E-state index contributed by atoms with van der Waals surface area (Å²) in [6.07, 6.45) is 1.04. The molecular weight excluding hydrogens is 445 g/mol. The fourth-order valence-corrected chi connectivity index (χ4v) is 4.14. The van der Waals surface area contributed by atoms with Crippen molar-refractivity contribution in [3.8, 4) is 0 Å². The standard InChI is InChI=1S/C21H25ClFN3O4S/c1-31(28,29)25-17-4-2-3-15(9-17)11-21(27)24-12-18-14-26(7-8-30-18)13-16-5-6-20(23)19(22)10-16/h2-6,9-10,18,25H,7-8,11-14H2,1H3,(H,24,27)/t18-/m0/s1. The first-order valence-corrected chi connectivity index (χ1v) is 12.1. The summed E-state index contributed by atoms with van der Waals surface area (Å²) in [5.41, 5.74) is 2.03. The van der Waals surface area contributed by atoms with Gasteiger partial charge in [0.25, 0.3) is 0 Å². The van der Waals surface area contributed by atoms with E-state index in [1.54, 1.807) is 36.4 Å². The molecular formula is C21H25ClFN3O4S. The molecule has 0 saturated carbocycles. The molecule has 2 N–H and O–H groups in total. The molecule has 1 fully saturated rings. The Hall–Kier alpha value is -2.20. The number of hydrogen-bond acceptors (Lipinski definition) is 5. The topological polar surface area (TPSA) is 87.7 Å². The van der Waals surface area contributed by atoms with E-state index in [0.29, 0.717) is 37.5 Å². The number of rotatable bonds is 8. The van der Waals surface area contributed by atoms with Crippen molar-refractivity contribution in [2.45, 2.75) is 19.1 Å². The summed E-state index contributed by atoms with van der Waals surface area (Å²) in [5.74, 6) is -0.617. The minimum absolute atomic E-state index is 0.102. The Morgan fingerprint density at radius 1 is 1.26 bits per heavy atom. The summed E-state index contributed by atoms with van der Waals surface area (Å²) in [7, 11) is -3.38. The minimum Gasteiger partial charge on any atom is -0.374 e. The molecule has 0 aliphatic carbocycles. The van der Waals surface area contributed by atoms with Crippen molar-refractivity contribution in [3.05, 3.63) is 64.4 Å². The van der Waals surface area contributed by atoms with E-state index in [4.69, 9.17) is 16.3 Å². The highest BCUT2D eigenvalue weighted by Gasteiger charge is 2.21. The van der Waals surface area contributed by atoms with Gasteiger partial charge in [-0.05, 0) is 35.4 Å². The van der Waals surface area contributed by atoms with Crippen molar-refractivity contribution in [2.24, 2.45) is 0 Å². The van der Waals surface area contributed by atoms with Gasteiger partial charge in [0.05, 0.1) is 30.4 Å². The molecule has 2 aromatic rings. The Kier molecular flexibility index (Phi) is 7.88. The van der Waals surface area contributed by atoms with Gasteiger partial charge in [0, 0.05) is 31.9 Å². The average Bonchev–Trinajstić information content (AvgIpc) is 2.69. The van der Waals surface area contributed by atoms with Crippen LogP contribution < -0.4 is 10.0 Å². The van der Waals surface area contributed by atoms with Crippen molar-refractivity contribution in [1.29, 1.82) is 0 Å². The monoisotopic (exact) mass is 469 g/mol. The molecule has 0 aromatic heterocycles. The van der Waals surface area contributed by atoms with Crippen LogP contribution in [0.5, 0.6) is 0 Å². The molecule has 10 heteroatoms. The second-order valence-corrected chi connectivity index (χ2v) is 9.69. The zero-order valence-electron chi connectivity index (χ0n) is 17.1. The van der Waals surface area contributed by atoms with E-state index in [2.05, 4.69) is 14.9 Å². The maximum Gasteiger partial charge on any atom is 0.229 e. The quantitative estimate of drug-likeness (QED) is 0.620. The first-order chi connectivity index (χ1) is 14.7. The molecule has 1 heterocycles. The third kappa shape index (κ3) is 7.77. The van der Waals surface area contributed by atoms with E-state index >= 15 is 0 Å². The smallest absolute Gasteiger partial charge is 0.229 e. The van der Waals surface area contributed by atoms with E-state index in [1.807, 2.05) is 0 Å². The van der Waals surface area contributed by atoms with E-state index in [9.17, 15) is 17.6 Å². The molecule has 1 atom stereocenters. The summed E-state index contributed by atoms with van der Waals surface area (Å²) in [6, 6.07) is 11.4. The van der Waals surface area contributed by atoms with E-state index in [-0.39, 0.29) is 23.5 Å². The number of benzene rings is 2. The number of carbonyl (C=O) groups is 1. The number of nitrogens with zero attached hydrogens (tertiary/aromatic N) is 1. The number of carbonyl (C=O) groups excluding carboxylic acids is 1. The molecule has 3 rings (SSSR count). The SMILES string of the molecule is CS(=O)(=O)Nc1cccc(CC(=O)NC[C@H]2CN(Cc3ccc(F)c(Cl)c3)CCO2)c1. The summed E-state index contributed by atoms with van der Waals surface area (Å²) < 4.78 is 44.2. The lowest BCUT2D eigenvalue weighted by atomic mass is 10.1. The van der Waals surface area contributed by atoms with Gasteiger partial charge in [-0.25, -0.2) is 12.8 Å². The lowest BCUT2D eigenvalue weighted by molar-refractivity contribution is -0.121. The third-order valence-corrected chi connectivity index (χ3v) is 5.63. The summed E-state index contributed by atoms with van der Waals surface area (Å²) in [4.78, 5) is 14.5. The molecule has 0 radical (unpaired) electrons. The van der Waals surface area contributed by atoms with Crippen molar-refractivity contribution in [3.63, 3.8) is 0 Å². The summed E-state index contributed by atoms with van der Waals surface area (Å²) in [6.45, 7) is 2.88. The van der Waals surface area contributed by atoms with E-state index in [1.165, 1.54) is 6.07 Å². The predicted molar refractivity (Wildman–Crippen MR) is 118 cm³/mol. The molecule has 7 nitrogen and oxygen atoms in total. The number of morpholine rings is 1. The normalized spacial score (nSPS) is 17.3. The van der Waals surface area contributed by atoms with Crippen LogP contribution >= 0.6 is 11.6 Å². The van der Waals surface area contributed by atoms with Crippen molar-refractivity contribution < 1.29 is 22.3 Å². The zero-order chi connectivity index (χ0) is 22.4. The lowest BCUT2D eigenvalue weighted by Crippen LogP contribution is -2.47. The highest BCUT2D eigenvalue weighted by atomic mass is 35.5. The Balaban J connectivity index is 1.47. The largest absolute Gasteiger partial charge is 0.374 e. The molecule has 1 aliphatic heterocycles. The van der Waals surface area contributed by atoms with Crippen molar-refractivity contribution in [2.75, 3.05) is 37.2 Å². The third-order valence-electron chi connectivity index (χ3n) is 4.73. The Morgan fingerprint density at radius 3 is 2.81 bits per heavy atom. The van der Waals surface area contributed by atoms with E-state index < -0.39 is 15.8 Å². The van der Waals surface area contributed by atoms with Crippen LogP contribution in [0.1, 0.15) is 11.1 Å². The minimum atomic E-state index is -3.38. The van der Waals surface area contributed by atoms with Crippen LogP contribution in [-0.4, -0.2) is 57.8 Å². The van der Waals surface area contributed by atoms with Crippen LogP contribution in [0, 0.1) is 5.82 Å². The highest BCUT2D eigenvalue weighted by Crippen LogP contribution is 2.18. The molecule has 31 heavy (non-hydrogen) atoms. The second-order valence-electron chi connectivity index (χ2n) is 7.53. The fourth-order valence-electron chi connectivity index (χ4n) is 3.38. The number of ether oxygens (including phenoxy) is 1. The Morgan fingerprint density at radius 2 is 2.06 bits per heavy atom. The zero-order valence-corrected chi connectivity index (χ0v) is 18.7. The first-order valence-electron chi connectivity index (χ1n) is 9.79. The number of amides is 1. The molecule has 1 aliphatic rings. The van der Waals surface area contributed by atoms with Crippen LogP contribution in [0.15, 0.2) is 42.5 Å². The second kappa shape index (κ2) is 10.4. The Bertz CT molecular complexity index is 1040. The lowest BCUT2D eigenvalue weighted by Gasteiger charge is -2.33. The highest BCUT2D eigenvalue weighted by molar-refractivity contribution is 7.92. The van der Waals surface area contributed by atoms with Gasteiger partial charge in [0.15, 0.2) is 0 Å². The van der Waals surface area contributed by atoms with Crippen LogP contribution in [-0.2, 0) is 32.5 Å². The van der Waals surface area contributed by atoms with E-state index in [0.717, 1.165) is 18.4 Å². The van der Waals surface area contributed by atoms with Crippen LogP contribution in [0.2, 0.25) is 5.02 Å². The van der Waals surface area contributed by atoms with Crippen LogP contribution in [0.4, 0.5) is 10.1 Å². The van der Waals surface area contributed by atoms with Gasteiger partial charge >= 0.3 is 0 Å². The molecule has 1 saturated heterocycles. The molecule has 0 spiro atoms. The number of halogens is 2. The Labute approximate surface area is 186 Å². The van der Waals surface area contributed by atoms with Gasteiger partial charge in [0.1, 0.15) is 5.82 Å². The molecule has 0 bridgehead atoms. The van der Waals surface area contributed by atoms with Crippen LogP contribution in [0.25, 0.3) is 0 Å². The molecule has 2 aromatic carbocycles. The summed E-state index contributed by atoms with van der Waals surface area (Å²) in [5, 5.41) is 2.97. The van der Waals surface area contributed by atoms with Crippen LogP contribution in [0.3, 0.4) is 0 Å². The van der Waals surface area contributed by atoms with Gasteiger partial charge in [0.2, 0.25) is 15.9 Å². The van der Waals surface area contributed by atoms with Gasteiger partial charge < -0.3 is 10.1 Å². The summed E-state index contributed by atoms with van der Waals surface area (Å²) >= 11 is 5.85. The maximum atomic E-state index is 13.3. The maximum absolute atomic E-state index is 13.3. The van der Waals surface area contributed by atoms with Gasteiger partial charge in [-0.2, -0.15) is 0 Å². The van der Waals surface area contributed by atoms with Crippen molar-refractivity contribution in [1.82, 2.24) is 10.2 Å². The van der Waals surface area contributed by atoms with Gasteiger partial charge in [-0.15, -0.1) is 0 Å². The predicted octanol–water partition coefficient (Wildman–Crippen LogP) is 2.41. The van der Waals surface area contributed by atoms with Crippen molar-refractivity contribution >= 4 is 33.2 Å². The number of sulfonamides is 1. The van der Waals surface area contributed by atoms with Gasteiger partial charge in [-0.1, -0.05) is 29.8 Å². The number of nitrogens with one attached hydrogen (secondary N) is 2. The number of hydrogen-bond donors (Lipinski definition) is 2. The molecule has 168 valence electrons. The van der Waals surface area contributed by atoms with Gasteiger partial charge in [-0.3, -0.25) is 14.4 Å². The molecule has 0 unspecified atom stereocenters.